The van der Waals surface area contributed by atoms with Crippen LogP contribution in [0.15, 0.2) is 23.8 Å². The fraction of sp³-hybridized carbons (Fsp3) is 0.750. The largest absolute Gasteiger partial charge is 0.463 e. The lowest BCUT2D eigenvalue weighted by Gasteiger charge is -2.45. The minimum atomic E-state index is -0.513. The second-order valence-corrected chi connectivity index (χ2v) is 8.30. The lowest BCUT2D eigenvalue weighted by atomic mass is 9.61. The molecule has 2 atom stereocenters. The number of hydrogen-bond donors (Lipinski definition) is 0. The maximum atomic E-state index is 11.7. The molecule has 2 aliphatic heterocycles. The van der Waals surface area contributed by atoms with E-state index >= 15 is 0 Å². The Morgan fingerprint density at radius 2 is 1.84 bits per heavy atom. The monoisotopic (exact) mass is 350 g/mol. The molecule has 1 aliphatic carbocycles. The van der Waals surface area contributed by atoms with E-state index in [-0.39, 0.29) is 22.6 Å². The maximum absolute atomic E-state index is 11.7. The van der Waals surface area contributed by atoms with Gasteiger partial charge in [-0.25, -0.2) is 4.79 Å². The summed E-state index contributed by atoms with van der Waals surface area (Å²) in [4.78, 5) is 11.7. The number of rotatable bonds is 5. The van der Waals surface area contributed by atoms with Crippen LogP contribution in [0.2, 0.25) is 0 Å². The predicted octanol–water partition coefficient (Wildman–Crippen LogP) is 3.53. The Balaban J connectivity index is 1.74. The molecule has 3 rings (SSSR count). The van der Waals surface area contributed by atoms with E-state index in [9.17, 15) is 4.79 Å². The van der Waals surface area contributed by atoms with Gasteiger partial charge < -0.3 is 18.9 Å². The quantitative estimate of drug-likeness (QED) is 0.329. The Morgan fingerprint density at radius 1 is 1.16 bits per heavy atom. The Bertz CT molecular complexity index is 599. The Hall–Kier alpha value is -1.17. The minimum absolute atomic E-state index is 0.135. The summed E-state index contributed by atoms with van der Waals surface area (Å²) in [6, 6.07) is 0. The van der Waals surface area contributed by atoms with Crippen molar-refractivity contribution in [1.82, 2.24) is 0 Å². The molecular weight excluding hydrogens is 320 g/mol. The van der Waals surface area contributed by atoms with Crippen molar-refractivity contribution in [2.75, 3.05) is 19.8 Å². The van der Waals surface area contributed by atoms with Gasteiger partial charge in [0.1, 0.15) is 11.2 Å². The topological polar surface area (TPSA) is 57.3 Å². The van der Waals surface area contributed by atoms with Gasteiger partial charge in [0.05, 0.1) is 19.8 Å². The summed E-state index contributed by atoms with van der Waals surface area (Å²) in [7, 11) is 0. The van der Waals surface area contributed by atoms with Crippen molar-refractivity contribution in [2.24, 2.45) is 5.41 Å². The van der Waals surface area contributed by atoms with Crippen molar-refractivity contribution < 1.29 is 23.7 Å². The van der Waals surface area contributed by atoms with Gasteiger partial charge in [0.2, 0.25) is 0 Å². The van der Waals surface area contributed by atoms with Gasteiger partial charge >= 0.3 is 5.97 Å². The summed E-state index contributed by atoms with van der Waals surface area (Å²) in [5.74, 6) is -0.809. The molecule has 5 heteroatoms. The van der Waals surface area contributed by atoms with Crippen LogP contribution in [-0.2, 0) is 23.7 Å². The highest BCUT2D eigenvalue weighted by Crippen LogP contribution is 2.69. The zero-order valence-corrected chi connectivity index (χ0v) is 16.0. The van der Waals surface area contributed by atoms with Gasteiger partial charge in [-0.1, -0.05) is 26.8 Å². The zero-order valence-electron chi connectivity index (χ0n) is 16.0. The van der Waals surface area contributed by atoms with Gasteiger partial charge in [-0.2, -0.15) is 0 Å². The number of carbonyl (C=O) groups is 1. The smallest absolute Gasteiger partial charge is 0.331 e. The van der Waals surface area contributed by atoms with Crippen molar-refractivity contribution >= 4 is 5.97 Å². The van der Waals surface area contributed by atoms with E-state index in [1.165, 1.54) is 6.08 Å². The van der Waals surface area contributed by atoms with Crippen LogP contribution in [0.5, 0.6) is 0 Å². The number of ether oxygens (including phenoxy) is 4. The molecule has 0 bridgehead atoms. The molecule has 140 valence electrons. The number of esters is 1. The van der Waals surface area contributed by atoms with Gasteiger partial charge in [-0.05, 0) is 31.9 Å². The highest BCUT2D eigenvalue weighted by atomic mass is 16.7. The second-order valence-electron chi connectivity index (χ2n) is 8.30. The number of hydrogen-bond acceptors (Lipinski definition) is 5. The SMILES string of the molecule is CCCOC(=O)C=C(C)C=CC12OC1(C)CC1(CC2(C)C)OCCO1. The van der Waals surface area contributed by atoms with Gasteiger partial charge in [0.25, 0.3) is 0 Å². The summed E-state index contributed by atoms with van der Waals surface area (Å²) < 4.78 is 23.3. The number of allylic oxidation sites excluding steroid dienone is 2. The van der Waals surface area contributed by atoms with Crippen molar-refractivity contribution in [3.05, 3.63) is 23.8 Å². The molecule has 0 N–H and O–H groups in total. The third-order valence-electron chi connectivity index (χ3n) is 5.64. The second kappa shape index (κ2) is 6.22. The average molecular weight is 350 g/mol. The van der Waals surface area contributed by atoms with E-state index in [1.54, 1.807) is 0 Å². The molecule has 0 amide bonds. The standard InChI is InChI=1S/C20H30O5/c1-6-9-22-16(21)12-15(2)7-8-20-17(3,4)13-19(23-10-11-24-19)14-18(20,5)25-20/h7-8,12H,6,9-11,13-14H2,1-5H3. The summed E-state index contributed by atoms with van der Waals surface area (Å²) in [6.45, 7) is 12.1. The summed E-state index contributed by atoms with van der Waals surface area (Å²) in [5, 5.41) is 0. The fourth-order valence-electron chi connectivity index (χ4n) is 4.60. The molecule has 0 aromatic carbocycles. The zero-order chi connectivity index (χ0) is 18.3. The van der Waals surface area contributed by atoms with Crippen LogP contribution in [0.1, 0.15) is 53.9 Å². The molecule has 3 fully saturated rings. The predicted molar refractivity (Wildman–Crippen MR) is 94.0 cm³/mol. The molecule has 0 aromatic rings. The van der Waals surface area contributed by atoms with Crippen molar-refractivity contribution in [3.8, 4) is 0 Å². The number of fused-ring (bicyclic) bond motifs is 1. The molecule has 0 aromatic heterocycles. The Morgan fingerprint density at radius 3 is 2.44 bits per heavy atom. The molecule has 2 unspecified atom stereocenters. The van der Waals surface area contributed by atoms with Gasteiger partial charge in [-0.3, -0.25) is 0 Å². The van der Waals surface area contributed by atoms with Crippen LogP contribution in [-0.4, -0.2) is 42.8 Å². The van der Waals surface area contributed by atoms with Crippen molar-refractivity contribution in [3.63, 3.8) is 0 Å². The fourth-order valence-corrected chi connectivity index (χ4v) is 4.60. The molecule has 0 radical (unpaired) electrons. The van der Waals surface area contributed by atoms with E-state index in [1.807, 2.05) is 19.9 Å². The first kappa shape index (κ1) is 18.6. The normalized spacial score (nSPS) is 35.8. The molecule has 1 spiro atoms. The molecular formula is C20H30O5. The van der Waals surface area contributed by atoms with E-state index in [0.717, 1.165) is 24.8 Å². The summed E-state index contributed by atoms with van der Waals surface area (Å²) >= 11 is 0. The van der Waals surface area contributed by atoms with Crippen LogP contribution >= 0.6 is 0 Å². The highest BCUT2D eigenvalue weighted by molar-refractivity contribution is 5.83. The summed E-state index contributed by atoms with van der Waals surface area (Å²) in [6.07, 6.45) is 7.95. The van der Waals surface area contributed by atoms with E-state index in [2.05, 4.69) is 26.8 Å². The third-order valence-corrected chi connectivity index (χ3v) is 5.64. The number of epoxide rings is 1. The molecule has 2 heterocycles. The van der Waals surface area contributed by atoms with Crippen LogP contribution in [0.3, 0.4) is 0 Å². The lowest BCUT2D eigenvalue weighted by Crippen LogP contribution is -2.52. The first-order valence-electron chi connectivity index (χ1n) is 9.20. The lowest BCUT2D eigenvalue weighted by molar-refractivity contribution is -0.201. The first-order valence-corrected chi connectivity index (χ1v) is 9.20. The summed E-state index contributed by atoms with van der Waals surface area (Å²) in [5.41, 5.74) is 0.0589. The van der Waals surface area contributed by atoms with Crippen LogP contribution in [0.25, 0.3) is 0 Å². The van der Waals surface area contributed by atoms with E-state index < -0.39 is 5.79 Å². The molecule has 3 aliphatic rings. The van der Waals surface area contributed by atoms with Crippen molar-refractivity contribution in [2.45, 2.75) is 70.9 Å². The van der Waals surface area contributed by atoms with Crippen molar-refractivity contribution in [1.29, 1.82) is 0 Å². The minimum Gasteiger partial charge on any atom is -0.463 e. The third kappa shape index (κ3) is 3.18. The van der Waals surface area contributed by atoms with E-state index in [0.29, 0.717) is 19.8 Å². The number of carbonyl (C=O) groups excluding carboxylic acids is 1. The van der Waals surface area contributed by atoms with E-state index in [4.69, 9.17) is 18.9 Å². The molecule has 2 saturated heterocycles. The van der Waals surface area contributed by atoms with Crippen LogP contribution in [0.4, 0.5) is 0 Å². The van der Waals surface area contributed by atoms with Crippen LogP contribution < -0.4 is 0 Å². The Kier molecular flexibility index (Phi) is 4.63. The van der Waals surface area contributed by atoms with Gasteiger partial charge in [0, 0.05) is 24.3 Å². The van der Waals surface area contributed by atoms with Gasteiger partial charge in [-0.15, -0.1) is 0 Å². The average Bonchev–Trinajstić information content (AvgIpc) is 2.89. The van der Waals surface area contributed by atoms with Gasteiger partial charge in [0.15, 0.2) is 5.79 Å². The van der Waals surface area contributed by atoms with Crippen LogP contribution in [0, 0.1) is 5.41 Å². The molecule has 5 nitrogen and oxygen atoms in total. The highest BCUT2D eigenvalue weighted by Gasteiger charge is 2.78. The maximum Gasteiger partial charge on any atom is 0.331 e. The molecule has 25 heavy (non-hydrogen) atoms. The first-order chi connectivity index (χ1) is 11.7. The Labute approximate surface area is 150 Å². The molecule has 1 saturated carbocycles.